The standard InChI is InChI=1S/C17H21N3O/c1-12(2)14-5-3-13(4-6-14)10-20-17(21)9-16-8-7-15(18)11-19-16/h3-8,11-12H,9-10,18H2,1-2H3,(H,20,21). The number of nitrogens with zero attached hydrogens (tertiary/aromatic N) is 1. The minimum Gasteiger partial charge on any atom is -0.397 e. The number of nitrogens with one attached hydrogen (secondary N) is 1. The van der Waals surface area contributed by atoms with E-state index in [9.17, 15) is 4.79 Å². The van der Waals surface area contributed by atoms with Gasteiger partial charge in [-0.05, 0) is 29.2 Å². The van der Waals surface area contributed by atoms with Gasteiger partial charge in [0.15, 0.2) is 0 Å². The number of hydrogen-bond donors (Lipinski definition) is 2. The molecule has 4 heteroatoms. The number of amides is 1. The first-order chi connectivity index (χ1) is 10.0. The van der Waals surface area contributed by atoms with Crippen LogP contribution in [-0.2, 0) is 17.8 Å². The summed E-state index contributed by atoms with van der Waals surface area (Å²) in [7, 11) is 0. The van der Waals surface area contributed by atoms with Gasteiger partial charge in [0.25, 0.3) is 0 Å². The minimum atomic E-state index is -0.0415. The highest BCUT2D eigenvalue weighted by atomic mass is 16.1. The molecule has 0 saturated heterocycles. The topological polar surface area (TPSA) is 68.0 Å². The Labute approximate surface area is 125 Å². The quantitative estimate of drug-likeness (QED) is 0.886. The number of anilines is 1. The molecular formula is C17H21N3O. The lowest BCUT2D eigenvalue weighted by atomic mass is 10.0. The van der Waals surface area contributed by atoms with E-state index in [2.05, 4.69) is 48.4 Å². The lowest BCUT2D eigenvalue weighted by molar-refractivity contribution is -0.120. The average Bonchev–Trinajstić information content (AvgIpc) is 2.48. The average molecular weight is 283 g/mol. The molecule has 21 heavy (non-hydrogen) atoms. The van der Waals surface area contributed by atoms with Gasteiger partial charge in [0.05, 0.1) is 18.3 Å². The summed E-state index contributed by atoms with van der Waals surface area (Å²) in [6.45, 7) is 4.86. The highest BCUT2D eigenvalue weighted by Gasteiger charge is 2.05. The maximum absolute atomic E-state index is 11.9. The van der Waals surface area contributed by atoms with Crippen LogP contribution >= 0.6 is 0 Å². The molecule has 0 spiro atoms. The molecule has 4 nitrogen and oxygen atoms in total. The summed E-state index contributed by atoms with van der Waals surface area (Å²) in [4.78, 5) is 16.0. The van der Waals surface area contributed by atoms with E-state index in [4.69, 9.17) is 5.73 Å². The predicted octanol–water partition coefficient (Wildman–Crippen LogP) is 2.65. The van der Waals surface area contributed by atoms with Crippen LogP contribution in [0.2, 0.25) is 0 Å². The molecule has 2 aromatic rings. The van der Waals surface area contributed by atoms with E-state index in [0.717, 1.165) is 11.3 Å². The summed E-state index contributed by atoms with van der Waals surface area (Å²) in [5.74, 6) is 0.477. The van der Waals surface area contributed by atoms with Crippen molar-refractivity contribution in [2.24, 2.45) is 0 Å². The normalized spacial score (nSPS) is 10.6. The van der Waals surface area contributed by atoms with E-state index in [1.807, 2.05) is 0 Å². The Hall–Kier alpha value is -2.36. The molecule has 0 atom stereocenters. The number of benzene rings is 1. The molecule has 1 amide bonds. The Bertz CT molecular complexity index is 588. The second kappa shape index (κ2) is 6.88. The smallest absolute Gasteiger partial charge is 0.226 e. The van der Waals surface area contributed by atoms with Crippen LogP contribution in [0, 0.1) is 0 Å². The van der Waals surface area contributed by atoms with Crippen molar-refractivity contribution in [1.29, 1.82) is 0 Å². The van der Waals surface area contributed by atoms with Crippen molar-refractivity contribution < 1.29 is 4.79 Å². The van der Waals surface area contributed by atoms with Crippen molar-refractivity contribution in [1.82, 2.24) is 10.3 Å². The molecule has 0 bridgehead atoms. The molecule has 0 aliphatic rings. The van der Waals surface area contributed by atoms with E-state index in [1.54, 1.807) is 18.3 Å². The maximum atomic E-state index is 11.9. The number of nitrogen functional groups attached to an aromatic ring is 1. The van der Waals surface area contributed by atoms with E-state index < -0.39 is 0 Å². The highest BCUT2D eigenvalue weighted by Crippen LogP contribution is 2.14. The van der Waals surface area contributed by atoms with Crippen molar-refractivity contribution in [3.63, 3.8) is 0 Å². The summed E-state index contributed by atoms with van der Waals surface area (Å²) in [5.41, 5.74) is 9.28. The van der Waals surface area contributed by atoms with Gasteiger partial charge >= 0.3 is 0 Å². The maximum Gasteiger partial charge on any atom is 0.226 e. The van der Waals surface area contributed by atoms with Gasteiger partial charge in [-0.1, -0.05) is 38.1 Å². The minimum absolute atomic E-state index is 0.0415. The van der Waals surface area contributed by atoms with Crippen molar-refractivity contribution >= 4 is 11.6 Å². The zero-order valence-corrected chi connectivity index (χ0v) is 12.5. The predicted molar refractivity (Wildman–Crippen MR) is 84.7 cm³/mol. The van der Waals surface area contributed by atoms with Crippen LogP contribution in [0.15, 0.2) is 42.6 Å². The summed E-state index contributed by atoms with van der Waals surface area (Å²) < 4.78 is 0. The van der Waals surface area contributed by atoms with Gasteiger partial charge in [-0.15, -0.1) is 0 Å². The van der Waals surface area contributed by atoms with Crippen LogP contribution < -0.4 is 11.1 Å². The molecule has 0 aliphatic carbocycles. The van der Waals surface area contributed by atoms with Crippen LogP contribution in [0.3, 0.4) is 0 Å². The Balaban J connectivity index is 1.84. The molecule has 0 aliphatic heterocycles. The summed E-state index contributed by atoms with van der Waals surface area (Å²) in [6, 6.07) is 11.8. The third kappa shape index (κ3) is 4.60. The summed E-state index contributed by atoms with van der Waals surface area (Å²) in [5, 5.41) is 2.90. The highest BCUT2D eigenvalue weighted by molar-refractivity contribution is 5.78. The molecular weight excluding hydrogens is 262 g/mol. The molecule has 0 radical (unpaired) electrons. The fourth-order valence-electron chi connectivity index (χ4n) is 1.99. The number of rotatable bonds is 5. The molecule has 1 heterocycles. The fourth-order valence-corrected chi connectivity index (χ4v) is 1.99. The van der Waals surface area contributed by atoms with Gasteiger partial charge in [-0.2, -0.15) is 0 Å². The van der Waals surface area contributed by atoms with Crippen LogP contribution in [0.4, 0.5) is 5.69 Å². The molecule has 1 aromatic carbocycles. The number of pyridine rings is 1. The molecule has 1 aromatic heterocycles. The molecule has 0 fully saturated rings. The SMILES string of the molecule is CC(C)c1ccc(CNC(=O)Cc2ccc(N)cn2)cc1. The Morgan fingerprint density at radius 2 is 1.90 bits per heavy atom. The zero-order valence-electron chi connectivity index (χ0n) is 12.5. The van der Waals surface area contributed by atoms with Crippen LogP contribution in [0.25, 0.3) is 0 Å². The van der Waals surface area contributed by atoms with E-state index >= 15 is 0 Å². The number of nitrogens with two attached hydrogens (primary N) is 1. The van der Waals surface area contributed by atoms with Crippen LogP contribution in [-0.4, -0.2) is 10.9 Å². The first-order valence-electron chi connectivity index (χ1n) is 7.10. The first kappa shape index (κ1) is 15.0. The zero-order chi connectivity index (χ0) is 15.2. The van der Waals surface area contributed by atoms with Crippen molar-refractivity contribution in [3.05, 3.63) is 59.4 Å². The second-order valence-corrected chi connectivity index (χ2v) is 5.43. The van der Waals surface area contributed by atoms with Crippen molar-refractivity contribution in [2.45, 2.75) is 32.7 Å². The third-order valence-electron chi connectivity index (χ3n) is 3.33. The lowest BCUT2D eigenvalue weighted by Gasteiger charge is -2.08. The van der Waals surface area contributed by atoms with E-state index in [1.165, 1.54) is 5.56 Å². The Kier molecular flexibility index (Phi) is 4.93. The monoisotopic (exact) mass is 283 g/mol. The fraction of sp³-hybridized carbons (Fsp3) is 0.294. The van der Waals surface area contributed by atoms with Crippen LogP contribution in [0.5, 0.6) is 0 Å². The Morgan fingerprint density at radius 3 is 2.48 bits per heavy atom. The van der Waals surface area contributed by atoms with Gasteiger partial charge in [0.2, 0.25) is 5.91 Å². The lowest BCUT2D eigenvalue weighted by Crippen LogP contribution is -2.24. The number of hydrogen-bond acceptors (Lipinski definition) is 3. The van der Waals surface area contributed by atoms with E-state index in [0.29, 0.717) is 18.2 Å². The molecule has 3 N–H and O–H groups in total. The van der Waals surface area contributed by atoms with Crippen molar-refractivity contribution in [3.8, 4) is 0 Å². The Morgan fingerprint density at radius 1 is 1.19 bits per heavy atom. The van der Waals surface area contributed by atoms with Crippen molar-refractivity contribution in [2.75, 3.05) is 5.73 Å². The third-order valence-corrected chi connectivity index (χ3v) is 3.33. The van der Waals surface area contributed by atoms with Gasteiger partial charge in [0, 0.05) is 12.2 Å². The number of carbonyl (C=O) groups excluding carboxylic acids is 1. The number of carbonyl (C=O) groups is 1. The van der Waals surface area contributed by atoms with Gasteiger partial charge in [0.1, 0.15) is 0 Å². The first-order valence-corrected chi connectivity index (χ1v) is 7.10. The summed E-state index contributed by atoms with van der Waals surface area (Å²) >= 11 is 0. The van der Waals surface area contributed by atoms with Gasteiger partial charge in [-0.25, -0.2) is 0 Å². The largest absolute Gasteiger partial charge is 0.397 e. The van der Waals surface area contributed by atoms with E-state index in [-0.39, 0.29) is 12.3 Å². The summed E-state index contributed by atoms with van der Waals surface area (Å²) in [6.07, 6.45) is 1.83. The number of aromatic nitrogens is 1. The molecule has 0 unspecified atom stereocenters. The van der Waals surface area contributed by atoms with Gasteiger partial charge < -0.3 is 11.1 Å². The van der Waals surface area contributed by atoms with Gasteiger partial charge in [-0.3, -0.25) is 9.78 Å². The second-order valence-electron chi connectivity index (χ2n) is 5.43. The van der Waals surface area contributed by atoms with Crippen LogP contribution in [0.1, 0.15) is 36.6 Å². The molecule has 110 valence electrons. The molecule has 0 saturated carbocycles. The molecule has 2 rings (SSSR count).